The van der Waals surface area contributed by atoms with Crippen LogP contribution in [-0.2, 0) is 42.7 Å². The Morgan fingerprint density at radius 2 is 1.19 bits per heavy atom. The number of carboxylic acid groups (broad SMARTS) is 4. The third-order valence-corrected chi connectivity index (χ3v) is 8.33. The number of nitrogens with zero attached hydrogens (tertiary/aromatic N) is 3. The fourth-order valence-electron chi connectivity index (χ4n) is 5.91. The number of carboxylic acids is 4. The smallest absolute Gasteiger partial charge is 0.328 e. The summed E-state index contributed by atoms with van der Waals surface area (Å²) in [5, 5.41) is 34.3. The molecular weight excluding hydrogens is 679 g/mol. The quantitative estimate of drug-likeness (QED) is 0.150. The molecule has 3 aliphatic heterocycles. The first kappa shape index (κ1) is 38.9. The molecule has 0 spiro atoms. The number of amides is 1. The highest BCUT2D eigenvalue weighted by molar-refractivity contribution is 6.00. The topological polar surface area (TPSA) is 212 Å². The number of piperazine rings is 1. The third kappa shape index (κ3) is 10.8. The number of hydrogen-bond donors (Lipinski definition) is 7. The van der Waals surface area contributed by atoms with Gasteiger partial charge in [0, 0.05) is 87.9 Å². The number of anilines is 2. The fraction of sp³-hybridized carbons (Fsp3) is 0.250. The molecule has 7 N–H and O–H groups in total. The van der Waals surface area contributed by atoms with E-state index in [-0.39, 0.29) is 11.7 Å². The summed E-state index contributed by atoms with van der Waals surface area (Å²) in [5.74, 6) is -5.55. The van der Waals surface area contributed by atoms with E-state index < -0.39 is 29.5 Å². The average molecular weight is 719 g/mol. The number of nitrogens with one attached hydrogen (secondary N) is 3. The Bertz CT molecular complexity index is 1720. The number of rotatable bonds is 10. The molecule has 1 unspecified atom stereocenters. The van der Waals surface area contributed by atoms with Crippen LogP contribution >= 0.6 is 0 Å². The summed E-state index contributed by atoms with van der Waals surface area (Å²) in [5.41, 5.74) is 10.1. The van der Waals surface area contributed by atoms with Crippen LogP contribution in [0.25, 0.3) is 0 Å². The van der Waals surface area contributed by atoms with Crippen LogP contribution in [0.15, 0.2) is 97.1 Å². The zero-order valence-corrected chi connectivity index (χ0v) is 27.9. The molecular formula is C36H39FN6O9. The van der Waals surface area contributed by atoms with E-state index >= 15 is 0 Å². The fourth-order valence-corrected chi connectivity index (χ4v) is 5.91. The number of carbonyl (C=O) groups is 5. The highest BCUT2D eigenvalue weighted by atomic mass is 19.1. The van der Waals surface area contributed by atoms with Gasteiger partial charge in [-0.2, -0.15) is 0 Å². The van der Waals surface area contributed by atoms with Crippen LogP contribution in [0.1, 0.15) is 16.7 Å². The zero-order chi connectivity index (χ0) is 37.7. The molecule has 3 aliphatic rings. The lowest BCUT2D eigenvalue weighted by atomic mass is 9.95. The molecule has 0 bridgehead atoms. The van der Waals surface area contributed by atoms with Crippen molar-refractivity contribution in [3.63, 3.8) is 0 Å². The Morgan fingerprint density at radius 1 is 0.692 bits per heavy atom. The van der Waals surface area contributed by atoms with Gasteiger partial charge in [-0.1, -0.05) is 48.5 Å². The minimum Gasteiger partial charge on any atom is -0.478 e. The van der Waals surface area contributed by atoms with Crippen molar-refractivity contribution in [2.45, 2.75) is 18.8 Å². The highest BCUT2D eigenvalue weighted by Gasteiger charge is 2.51. The van der Waals surface area contributed by atoms with Gasteiger partial charge in [0.25, 0.3) is 5.91 Å². The van der Waals surface area contributed by atoms with Crippen molar-refractivity contribution >= 4 is 41.2 Å². The van der Waals surface area contributed by atoms with Gasteiger partial charge in [0.1, 0.15) is 5.82 Å². The SMILES string of the molecule is O=C(Nc1ccccc1)C1(N2CCN(CCN3Cc4ccccc4C3)CC2)NNc2cc(F)ccc21.O=C(O)/C=C\C(=O)O.O=C(O)/C=C\C(=O)O. The van der Waals surface area contributed by atoms with E-state index in [9.17, 15) is 28.4 Å². The van der Waals surface area contributed by atoms with Crippen molar-refractivity contribution < 1.29 is 48.8 Å². The standard InChI is InChI=1S/C28H31FN6O.2C4H4O4/c29-23-10-11-25-26(18-23)31-32-28(25,27(36)30-24-8-2-1-3-9-24)35-16-14-33(15-17-35)12-13-34-19-21-6-4-5-7-22(21)20-34;2*5-3(6)1-2-4(7)8/h1-11,18,31-32H,12-17,19-20H2,(H,30,36);2*1-2H,(H,5,6)(H,7,8)/b;2*2-1-. The zero-order valence-electron chi connectivity index (χ0n) is 27.9. The number of hydrazine groups is 1. The molecule has 6 rings (SSSR count). The van der Waals surface area contributed by atoms with Crippen LogP contribution in [0, 0.1) is 5.82 Å². The molecule has 1 atom stereocenters. The third-order valence-electron chi connectivity index (χ3n) is 8.33. The van der Waals surface area contributed by atoms with Crippen LogP contribution in [-0.4, -0.2) is 104 Å². The van der Waals surface area contributed by atoms with Crippen molar-refractivity contribution in [3.8, 4) is 0 Å². The van der Waals surface area contributed by atoms with E-state index in [1.165, 1.54) is 23.3 Å². The molecule has 0 radical (unpaired) electrons. The molecule has 3 aromatic carbocycles. The number of carbonyl (C=O) groups excluding carboxylic acids is 1. The lowest BCUT2D eigenvalue weighted by Crippen LogP contribution is -2.65. The molecule has 1 amide bonds. The summed E-state index contributed by atoms with van der Waals surface area (Å²) >= 11 is 0. The number of aliphatic carboxylic acids is 4. The Balaban J connectivity index is 0.000000317. The van der Waals surface area contributed by atoms with Crippen LogP contribution in [0.2, 0.25) is 0 Å². The summed E-state index contributed by atoms with van der Waals surface area (Å²) in [7, 11) is 0. The lowest BCUT2D eigenvalue weighted by Gasteiger charge is -2.44. The molecule has 3 aromatic rings. The summed E-state index contributed by atoms with van der Waals surface area (Å²) < 4.78 is 14.0. The van der Waals surface area contributed by atoms with Gasteiger partial charge >= 0.3 is 23.9 Å². The first-order chi connectivity index (χ1) is 24.9. The second-order valence-corrected chi connectivity index (χ2v) is 11.8. The largest absolute Gasteiger partial charge is 0.478 e. The maximum Gasteiger partial charge on any atom is 0.328 e. The predicted molar refractivity (Wildman–Crippen MR) is 187 cm³/mol. The number of hydrogen-bond acceptors (Lipinski definition) is 10. The molecule has 1 fully saturated rings. The van der Waals surface area contributed by atoms with E-state index in [0.29, 0.717) is 43.1 Å². The van der Waals surface area contributed by atoms with Crippen LogP contribution < -0.4 is 16.2 Å². The molecule has 0 saturated carbocycles. The van der Waals surface area contributed by atoms with Crippen molar-refractivity contribution in [3.05, 3.63) is 120 Å². The van der Waals surface area contributed by atoms with Gasteiger partial charge in [0.15, 0.2) is 5.66 Å². The van der Waals surface area contributed by atoms with E-state index in [0.717, 1.165) is 50.5 Å². The van der Waals surface area contributed by atoms with Crippen LogP contribution in [0.4, 0.5) is 15.8 Å². The predicted octanol–water partition coefficient (Wildman–Crippen LogP) is 2.60. The number of halogens is 1. The first-order valence-corrected chi connectivity index (χ1v) is 16.1. The Morgan fingerprint density at radius 3 is 1.71 bits per heavy atom. The lowest BCUT2D eigenvalue weighted by molar-refractivity contribution is -0.134. The van der Waals surface area contributed by atoms with E-state index in [1.807, 2.05) is 30.3 Å². The van der Waals surface area contributed by atoms with E-state index in [2.05, 4.69) is 55.1 Å². The van der Waals surface area contributed by atoms with Gasteiger partial charge in [-0.25, -0.2) is 29.0 Å². The van der Waals surface area contributed by atoms with Gasteiger partial charge in [-0.05, 0) is 35.4 Å². The Kier molecular flexibility index (Phi) is 13.7. The number of fused-ring (bicyclic) bond motifs is 2. The van der Waals surface area contributed by atoms with Gasteiger partial charge < -0.3 is 31.2 Å². The monoisotopic (exact) mass is 718 g/mol. The summed E-state index contributed by atoms with van der Waals surface area (Å²) in [4.78, 5) is 59.2. The van der Waals surface area contributed by atoms with Crippen LogP contribution in [0.5, 0.6) is 0 Å². The second-order valence-electron chi connectivity index (χ2n) is 11.8. The molecule has 274 valence electrons. The molecule has 1 saturated heterocycles. The van der Waals surface area contributed by atoms with Crippen molar-refractivity contribution in [2.75, 3.05) is 50.0 Å². The van der Waals surface area contributed by atoms with Gasteiger partial charge in [0.05, 0.1) is 5.69 Å². The summed E-state index contributed by atoms with van der Waals surface area (Å²) in [6, 6.07) is 22.7. The highest BCUT2D eigenvalue weighted by Crippen LogP contribution is 2.38. The molecule has 3 heterocycles. The molecule has 16 heteroatoms. The summed E-state index contributed by atoms with van der Waals surface area (Å²) in [6.45, 7) is 7.21. The van der Waals surface area contributed by atoms with E-state index in [4.69, 9.17) is 20.4 Å². The van der Waals surface area contributed by atoms with E-state index in [1.54, 1.807) is 6.07 Å². The minimum absolute atomic E-state index is 0.185. The Hall–Kier alpha value is -5.94. The summed E-state index contributed by atoms with van der Waals surface area (Å²) in [6.07, 6.45) is 2.23. The maximum absolute atomic E-state index is 14.0. The van der Waals surface area contributed by atoms with Crippen LogP contribution in [0.3, 0.4) is 0 Å². The average Bonchev–Trinajstić information content (AvgIpc) is 3.72. The van der Waals surface area contributed by atoms with Crippen molar-refractivity contribution in [1.82, 2.24) is 20.1 Å². The van der Waals surface area contributed by atoms with Gasteiger partial charge in [0.2, 0.25) is 0 Å². The maximum atomic E-state index is 14.0. The minimum atomic E-state index is -1.26. The molecule has 15 nitrogen and oxygen atoms in total. The molecule has 0 aliphatic carbocycles. The van der Waals surface area contributed by atoms with Gasteiger partial charge in [-0.15, -0.1) is 0 Å². The first-order valence-electron chi connectivity index (χ1n) is 16.1. The normalized spacial score (nSPS) is 18.2. The molecule has 0 aromatic heterocycles. The van der Waals surface area contributed by atoms with Crippen molar-refractivity contribution in [1.29, 1.82) is 0 Å². The Labute approximate surface area is 298 Å². The van der Waals surface area contributed by atoms with Gasteiger partial charge in [-0.3, -0.25) is 19.5 Å². The number of benzene rings is 3. The number of para-hydroxylation sites is 1. The second kappa shape index (κ2) is 18.3. The molecule has 52 heavy (non-hydrogen) atoms. The van der Waals surface area contributed by atoms with Crippen molar-refractivity contribution in [2.24, 2.45) is 0 Å².